The lowest BCUT2D eigenvalue weighted by Gasteiger charge is -2.25. The molecule has 1 saturated heterocycles. The van der Waals surface area contributed by atoms with Crippen molar-refractivity contribution in [2.75, 3.05) is 13.1 Å². The molecule has 116 valence electrons. The molecule has 1 aliphatic carbocycles. The fraction of sp³-hybridized carbons (Fsp3) is 0.556. The van der Waals surface area contributed by atoms with Crippen molar-refractivity contribution in [2.45, 2.75) is 45.2 Å². The molecule has 1 saturated carbocycles. The molecule has 0 amide bonds. The highest BCUT2D eigenvalue weighted by Gasteiger charge is 2.34. The Balaban J connectivity index is 1.58. The SMILES string of the molecule is Cc1cnc(C2CCCN2CC2CC2)n1Cc1cccnc1. The van der Waals surface area contributed by atoms with Crippen molar-refractivity contribution in [2.24, 2.45) is 5.92 Å². The predicted octanol–water partition coefficient (Wildman–Crippen LogP) is 3.18. The normalized spacial score (nSPS) is 22.3. The summed E-state index contributed by atoms with van der Waals surface area (Å²) in [6.07, 6.45) is 11.2. The molecule has 4 heteroatoms. The maximum atomic E-state index is 4.77. The second kappa shape index (κ2) is 5.84. The number of aryl methyl sites for hydroxylation is 1. The minimum absolute atomic E-state index is 0.506. The van der Waals surface area contributed by atoms with Gasteiger partial charge in [-0.25, -0.2) is 4.98 Å². The first-order valence-electron chi connectivity index (χ1n) is 8.46. The molecule has 22 heavy (non-hydrogen) atoms. The molecule has 1 unspecified atom stereocenters. The van der Waals surface area contributed by atoms with Crippen LogP contribution in [0.5, 0.6) is 0 Å². The minimum atomic E-state index is 0.506. The molecule has 2 aromatic heterocycles. The van der Waals surface area contributed by atoms with Crippen LogP contribution in [-0.2, 0) is 6.54 Å². The Labute approximate surface area is 132 Å². The van der Waals surface area contributed by atoms with Crippen molar-refractivity contribution >= 4 is 0 Å². The Hall–Kier alpha value is -1.68. The van der Waals surface area contributed by atoms with E-state index >= 15 is 0 Å². The average molecular weight is 296 g/mol. The van der Waals surface area contributed by atoms with Crippen molar-refractivity contribution < 1.29 is 0 Å². The summed E-state index contributed by atoms with van der Waals surface area (Å²) in [7, 11) is 0. The summed E-state index contributed by atoms with van der Waals surface area (Å²) in [5.74, 6) is 2.20. The molecule has 4 rings (SSSR count). The van der Waals surface area contributed by atoms with Crippen LogP contribution in [0.4, 0.5) is 0 Å². The van der Waals surface area contributed by atoms with Crippen molar-refractivity contribution in [3.63, 3.8) is 0 Å². The molecule has 0 radical (unpaired) electrons. The molecule has 3 heterocycles. The Kier molecular flexibility index (Phi) is 3.70. The third-order valence-electron chi connectivity index (χ3n) is 5.00. The molecule has 2 aliphatic rings. The second-order valence-electron chi connectivity index (χ2n) is 6.80. The highest BCUT2D eigenvalue weighted by Crippen LogP contribution is 2.37. The number of rotatable bonds is 5. The summed E-state index contributed by atoms with van der Waals surface area (Å²) in [5.41, 5.74) is 2.49. The van der Waals surface area contributed by atoms with Crippen LogP contribution < -0.4 is 0 Å². The zero-order valence-corrected chi connectivity index (χ0v) is 13.3. The minimum Gasteiger partial charge on any atom is -0.327 e. The molecular formula is C18H24N4. The summed E-state index contributed by atoms with van der Waals surface area (Å²) >= 11 is 0. The Bertz CT molecular complexity index is 630. The number of imidazole rings is 1. The Morgan fingerprint density at radius 3 is 2.91 bits per heavy atom. The maximum Gasteiger partial charge on any atom is 0.126 e. The van der Waals surface area contributed by atoms with Crippen LogP contribution in [0.2, 0.25) is 0 Å². The first-order chi connectivity index (χ1) is 10.8. The Morgan fingerprint density at radius 2 is 2.14 bits per heavy atom. The van der Waals surface area contributed by atoms with Gasteiger partial charge in [-0.2, -0.15) is 0 Å². The summed E-state index contributed by atoms with van der Waals surface area (Å²) in [5, 5.41) is 0. The van der Waals surface area contributed by atoms with Gasteiger partial charge in [-0.15, -0.1) is 0 Å². The number of aromatic nitrogens is 3. The van der Waals surface area contributed by atoms with E-state index in [1.165, 1.54) is 55.9 Å². The number of likely N-dealkylation sites (tertiary alicyclic amines) is 1. The van der Waals surface area contributed by atoms with Crippen LogP contribution >= 0.6 is 0 Å². The molecule has 2 fully saturated rings. The first-order valence-corrected chi connectivity index (χ1v) is 8.46. The van der Waals surface area contributed by atoms with E-state index in [-0.39, 0.29) is 0 Å². The number of hydrogen-bond donors (Lipinski definition) is 0. The van der Waals surface area contributed by atoms with Gasteiger partial charge in [0.05, 0.1) is 12.6 Å². The zero-order valence-electron chi connectivity index (χ0n) is 13.3. The molecule has 1 atom stereocenters. The summed E-state index contributed by atoms with van der Waals surface area (Å²) < 4.78 is 2.38. The van der Waals surface area contributed by atoms with Gasteiger partial charge < -0.3 is 4.57 Å². The molecular weight excluding hydrogens is 272 g/mol. The van der Waals surface area contributed by atoms with E-state index in [2.05, 4.69) is 27.4 Å². The molecule has 0 N–H and O–H groups in total. The van der Waals surface area contributed by atoms with E-state index in [1.807, 2.05) is 24.7 Å². The lowest BCUT2D eigenvalue weighted by molar-refractivity contribution is 0.234. The van der Waals surface area contributed by atoms with Gasteiger partial charge >= 0.3 is 0 Å². The average Bonchev–Trinajstić information content (AvgIpc) is 3.12. The molecule has 1 aliphatic heterocycles. The smallest absolute Gasteiger partial charge is 0.126 e. The van der Waals surface area contributed by atoms with Crippen molar-refractivity contribution in [3.8, 4) is 0 Å². The van der Waals surface area contributed by atoms with Gasteiger partial charge in [0.25, 0.3) is 0 Å². The highest BCUT2D eigenvalue weighted by molar-refractivity contribution is 5.15. The number of pyridine rings is 1. The quantitative estimate of drug-likeness (QED) is 0.850. The van der Waals surface area contributed by atoms with Gasteiger partial charge in [-0.3, -0.25) is 9.88 Å². The first kappa shape index (κ1) is 13.9. The topological polar surface area (TPSA) is 34.0 Å². The van der Waals surface area contributed by atoms with Crippen LogP contribution in [0, 0.1) is 12.8 Å². The monoisotopic (exact) mass is 296 g/mol. The molecule has 4 nitrogen and oxygen atoms in total. The van der Waals surface area contributed by atoms with Gasteiger partial charge in [-0.05, 0) is 56.7 Å². The van der Waals surface area contributed by atoms with Crippen molar-refractivity contribution in [3.05, 3.63) is 47.8 Å². The second-order valence-corrected chi connectivity index (χ2v) is 6.80. The molecule has 0 aromatic carbocycles. The molecule has 0 spiro atoms. The van der Waals surface area contributed by atoms with Crippen LogP contribution in [0.15, 0.2) is 30.7 Å². The van der Waals surface area contributed by atoms with Gasteiger partial charge in [-0.1, -0.05) is 6.07 Å². The van der Waals surface area contributed by atoms with Gasteiger partial charge in [0.15, 0.2) is 0 Å². The zero-order chi connectivity index (χ0) is 14.9. The van der Waals surface area contributed by atoms with E-state index in [4.69, 9.17) is 4.98 Å². The number of nitrogens with zero attached hydrogens (tertiary/aromatic N) is 4. The third kappa shape index (κ3) is 2.80. The predicted molar refractivity (Wildman–Crippen MR) is 86.6 cm³/mol. The van der Waals surface area contributed by atoms with Gasteiger partial charge in [0, 0.05) is 30.8 Å². The Morgan fingerprint density at radius 1 is 1.23 bits per heavy atom. The van der Waals surface area contributed by atoms with Crippen LogP contribution in [0.25, 0.3) is 0 Å². The van der Waals surface area contributed by atoms with E-state index in [0.29, 0.717) is 6.04 Å². The van der Waals surface area contributed by atoms with E-state index in [0.717, 1.165) is 12.5 Å². The lowest BCUT2D eigenvalue weighted by Crippen LogP contribution is -2.28. The van der Waals surface area contributed by atoms with Crippen molar-refractivity contribution in [1.29, 1.82) is 0 Å². The summed E-state index contributed by atoms with van der Waals surface area (Å²) in [6, 6.07) is 4.66. The van der Waals surface area contributed by atoms with Gasteiger partial charge in [0.2, 0.25) is 0 Å². The van der Waals surface area contributed by atoms with Crippen LogP contribution in [0.3, 0.4) is 0 Å². The largest absolute Gasteiger partial charge is 0.327 e. The summed E-state index contributed by atoms with van der Waals surface area (Å²) in [6.45, 7) is 5.54. The number of hydrogen-bond acceptors (Lipinski definition) is 3. The fourth-order valence-corrected chi connectivity index (χ4v) is 3.59. The van der Waals surface area contributed by atoms with E-state index in [9.17, 15) is 0 Å². The van der Waals surface area contributed by atoms with E-state index in [1.54, 1.807) is 0 Å². The summed E-state index contributed by atoms with van der Waals surface area (Å²) in [4.78, 5) is 11.7. The van der Waals surface area contributed by atoms with E-state index < -0.39 is 0 Å². The third-order valence-corrected chi connectivity index (χ3v) is 5.00. The maximum absolute atomic E-state index is 4.77. The highest BCUT2D eigenvalue weighted by atomic mass is 15.2. The van der Waals surface area contributed by atoms with Gasteiger partial charge in [0.1, 0.15) is 5.82 Å². The molecule has 2 aromatic rings. The fourth-order valence-electron chi connectivity index (χ4n) is 3.59. The standard InChI is InChI=1S/C18H24N4/c1-14-10-20-18(22(14)13-16-4-2-8-19-11-16)17-5-3-9-21(17)12-15-6-7-15/h2,4,8,10-11,15,17H,3,5-7,9,12-13H2,1H3. The molecule has 0 bridgehead atoms. The lowest BCUT2D eigenvalue weighted by atomic mass is 10.2. The van der Waals surface area contributed by atoms with Crippen molar-refractivity contribution in [1.82, 2.24) is 19.4 Å². The van der Waals surface area contributed by atoms with Crippen LogP contribution in [0.1, 0.15) is 48.8 Å². The van der Waals surface area contributed by atoms with Crippen LogP contribution in [-0.4, -0.2) is 32.5 Å².